The molecule has 1 radical (unpaired) electrons. The molecule has 0 aliphatic heterocycles. The van der Waals surface area contributed by atoms with Gasteiger partial charge in [0.1, 0.15) is 17.9 Å². The number of aromatic nitrogens is 2. The maximum atomic E-state index is 5.41. The second kappa shape index (κ2) is 5.51. The normalized spacial score (nSPS) is 10.1. The van der Waals surface area contributed by atoms with E-state index < -0.39 is 0 Å². The first-order chi connectivity index (χ1) is 10.3. The maximum Gasteiger partial charge on any atom is 0.141 e. The lowest BCUT2D eigenvalue weighted by Gasteiger charge is -2.09. The van der Waals surface area contributed by atoms with Crippen LogP contribution in [0.4, 0.5) is 11.5 Å². The molecule has 1 aromatic heterocycles. The first-order valence-corrected chi connectivity index (χ1v) is 6.34. The molecule has 0 amide bonds. The van der Waals surface area contributed by atoms with Gasteiger partial charge in [0, 0.05) is 28.8 Å². The molecule has 1 N–H and O–H groups in total. The van der Waals surface area contributed by atoms with E-state index in [0.29, 0.717) is 11.6 Å². The SMILES string of the molecule is C#Cc1cccc(Nc2ncnc3cc(OC)[c]cc23)c1. The lowest BCUT2D eigenvalue weighted by atomic mass is 10.2. The van der Waals surface area contributed by atoms with E-state index in [9.17, 15) is 0 Å². The van der Waals surface area contributed by atoms with Crippen molar-refractivity contribution < 1.29 is 4.74 Å². The zero-order chi connectivity index (χ0) is 14.7. The number of hydrogen-bond acceptors (Lipinski definition) is 4. The van der Waals surface area contributed by atoms with Crippen LogP contribution in [0.25, 0.3) is 10.9 Å². The monoisotopic (exact) mass is 274 g/mol. The van der Waals surface area contributed by atoms with Gasteiger partial charge in [0.05, 0.1) is 12.6 Å². The van der Waals surface area contributed by atoms with Gasteiger partial charge in [0.25, 0.3) is 0 Å². The van der Waals surface area contributed by atoms with E-state index in [0.717, 1.165) is 22.2 Å². The maximum absolute atomic E-state index is 5.41. The summed E-state index contributed by atoms with van der Waals surface area (Å²) in [5.74, 6) is 3.95. The number of fused-ring (bicyclic) bond motifs is 1. The molecule has 0 aliphatic carbocycles. The second-order valence-electron chi connectivity index (χ2n) is 4.37. The van der Waals surface area contributed by atoms with Crippen LogP contribution in [-0.4, -0.2) is 17.1 Å². The average Bonchev–Trinajstić information content (AvgIpc) is 2.55. The van der Waals surface area contributed by atoms with Crippen LogP contribution in [0.5, 0.6) is 5.75 Å². The Bertz CT molecular complexity index is 837. The van der Waals surface area contributed by atoms with Crippen molar-refractivity contribution in [1.29, 1.82) is 0 Å². The van der Waals surface area contributed by atoms with Gasteiger partial charge in [-0.1, -0.05) is 12.0 Å². The summed E-state index contributed by atoms with van der Waals surface area (Å²) in [6.07, 6.45) is 6.92. The topological polar surface area (TPSA) is 47.0 Å². The fraction of sp³-hybridized carbons (Fsp3) is 0.0588. The van der Waals surface area contributed by atoms with Crippen molar-refractivity contribution in [2.75, 3.05) is 12.4 Å². The number of terminal acetylenes is 1. The minimum absolute atomic E-state index is 0.640. The summed E-state index contributed by atoms with van der Waals surface area (Å²) in [6, 6.07) is 14.3. The van der Waals surface area contributed by atoms with Gasteiger partial charge in [-0.25, -0.2) is 9.97 Å². The van der Waals surface area contributed by atoms with Crippen LogP contribution in [-0.2, 0) is 0 Å². The van der Waals surface area contributed by atoms with Crippen molar-refractivity contribution >= 4 is 22.4 Å². The molecule has 4 heteroatoms. The fourth-order valence-electron chi connectivity index (χ4n) is 2.02. The Morgan fingerprint density at radius 3 is 3.00 bits per heavy atom. The van der Waals surface area contributed by atoms with Gasteiger partial charge in [-0.15, -0.1) is 6.42 Å². The largest absolute Gasteiger partial charge is 0.496 e. The number of benzene rings is 2. The third kappa shape index (κ3) is 2.63. The third-order valence-electron chi connectivity index (χ3n) is 3.05. The molecular formula is C17H12N3O. The van der Waals surface area contributed by atoms with Gasteiger partial charge in [0.2, 0.25) is 0 Å². The van der Waals surface area contributed by atoms with Gasteiger partial charge in [0.15, 0.2) is 0 Å². The van der Waals surface area contributed by atoms with Crippen molar-refractivity contribution in [1.82, 2.24) is 9.97 Å². The molecule has 4 nitrogen and oxygen atoms in total. The van der Waals surface area contributed by atoms with E-state index >= 15 is 0 Å². The first-order valence-electron chi connectivity index (χ1n) is 6.34. The zero-order valence-corrected chi connectivity index (χ0v) is 11.4. The Balaban J connectivity index is 2.02. The molecule has 0 saturated carbocycles. The van der Waals surface area contributed by atoms with Crippen molar-refractivity contribution in [2.45, 2.75) is 0 Å². The van der Waals surface area contributed by atoms with Crippen LogP contribution >= 0.6 is 0 Å². The van der Waals surface area contributed by atoms with Gasteiger partial charge in [-0.3, -0.25) is 0 Å². The van der Waals surface area contributed by atoms with Crippen molar-refractivity contribution in [3.63, 3.8) is 0 Å². The van der Waals surface area contributed by atoms with Gasteiger partial charge >= 0.3 is 0 Å². The highest BCUT2D eigenvalue weighted by Crippen LogP contribution is 2.25. The van der Waals surface area contributed by atoms with Crippen LogP contribution in [0.15, 0.2) is 42.7 Å². The van der Waals surface area contributed by atoms with Crippen LogP contribution in [0.1, 0.15) is 5.56 Å². The highest BCUT2D eigenvalue weighted by molar-refractivity contribution is 5.91. The second-order valence-corrected chi connectivity index (χ2v) is 4.37. The zero-order valence-electron chi connectivity index (χ0n) is 11.4. The number of nitrogens with zero attached hydrogens (tertiary/aromatic N) is 2. The molecule has 3 rings (SSSR count). The first kappa shape index (κ1) is 12.9. The Hall–Kier alpha value is -3.06. The quantitative estimate of drug-likeness (QED) is 0.745. The lowest BCUT2D eigenvalue weighted by Crippen LogP contribution is -1.96. The van der Waals surface area contributed by atoms with Crippen molar-refractivity contribution in [2.24, 2.45) is 0 Å². The smallest absolute Gasteiger partial charge is 0.141 e. The fourth-order valence-corrected chi connectivity index (χ4v) is 2.02. The minimum Gasteiger partial charge on any atom is -0.496 e. The Morgan fingerprint density at radius 2 is 2.19 bits per heavy atom. The molecule has 2 aromatic carbocycles. The Kier molecular flexibility index (Phi) is 3.40. The Labute approximate surface area is 122 Å². The summed E-state index contributed by atoms with van der Waals surface area (Å²) in [5.41, 5.74) is 2.48. The van der Waals surface area contributed by atoms with Crippen molar-refractivity contribution in [3.05, 3.63) is 54.4 Å². The molecule has 0 bridgehead atoms. The van der Waals surface area contributed by atoms with E-state index in [4.69, 9.17) is 11.2 Å². The number of anilines is 2. The molecule has 0 fully saturated rings. The molecule has 0 aliphatic rings. The van der Waals surface area contributed by atoms with Crippen LogP contribution in [0.2, 0.25) is 0 Å². The van der Waals surface area contributed by atoms with Gasteiger partial charge in [-0.2, -0.15) is 0 Å². The molecular weight excluding hydrogens is 262 g/mol. The van der Waals surface area contributed by atoms with Crippen LogP contribution < -0.4 is 10.1 Å². The van der Waals surface area contributed by atoms with E-state index in [2.05, 4.69) is 27.3 Å². The minimum atomic E-state index is 0.640. The molecule has 1 heterocycles. The number of ether oxygens (including phenoxy) is 1. The van der Waals surface area contributed by atoms with Crippen LogP contribution in [0.3, 0.4) is 0 Å². The predicted octanol–water partition coefficient (Wildman–Crippen LogP) is 3.16. The van der Waals surface area contributed by atoms with Crippen molar-refractivity contribution in [3.8, 4) is 18.1 Å². The van der Waals surface area contributed by atoms with Gasteiger partial charge in [-0.05, 0) is 24.3 Å². The summed E-state index contributed by atoms with van der Waals surface area (Å²) in [5, 5.41) is 4.12. The highest BCUT2D eigenvalue weighted by Gasteiger charge is 2.05. The molecule has 3 aromatic rings. The highest BCUT2D eigenvalue weighted by atomic mass is 16.5. The standard InChI is InChI=1S/C17H12N3O/c1-3-12-5-4-6-13(9-12)20-17-15-8-7-14(21-2)10-16(15)18-11-19-17/h1,4-6,8-11H,2H3,(H,18,19,20). The number of hydrogen-bond donors (Lipinski definition) is 1. The van der Waals surface area contributed by atoms with Crippen LogP contribution in [0, 0.1) is 18.4 Å². The van der Waals surface area contributed by atoms with E-state index in [1.807, 2.05) is 36.4 Å². The van der Waals surface area contributed by atoms with E-state index in [1.54, 1.807) is 7.11 Å². The molecule has 0 atom stereocenters. The molecule has 101 valence electrons. The van der Waals surface area contributed by atoms with E-state index in [-0.39, 0.29) is 0 Å². The molecule has 0 spiro atoms. The summed E-state index contributed by atoms with van der Waals surface area (Å²) >= 11 is 0. The predicted molar refractivity (Wildman–Crippen MR) is 82.6 cm³/mol. The number of rotatable bonds is 3. The average molecular weight is 274 g/mol. The summed E-state index contributed by atoms with van der Waals surface area (Å²) in [4.78, 5) is 8.52. The molecule has 0 saturated heterocycles. The summed E-state index contributed by atoms with van der Waals surface area (Å²) < 4.78 is 5.15. The number of nitrogens with one attached hydrogen (secondary N) is 1. The summed E-state index contributed by atoms with van der Waals surface area (Å²) in [6.45, 7) is 0. The third-order valence-corrected chi connectivity index (χ3v) is 3.05. The number of methoxy groups -OCH3 is 1. The molecule has 21 heavy (non-hydrogen) atoms. The summed E-state index contributed by atoms with van der Waals surface area (Å²) in [7, 11) is 1.60. The van der Waals surface area contributed by atoms with E-state index in [1.165, 1.54) is 6.33 Å². The Morgan fingerprint density at radius 1 is 1.29 bits per heavy atom. The lowest BCUT2D eigenvalue weighted by molar-refractivity contribution is 0.414. The molecule has 0 unspecified atom stereocenters. The van der Waals surface area contributed by atoms with Gasteiger partial charge < -0.3 is 10.1 Å².